The van der Waals surface area contributed by atoms with E-state index in [4.69, 9.17) is 18.9 Å². The molecule has 2 aliphatic heterocycles. The molecule has 0 N–H and O–H groups in total. The predicted octanol–water partition coefficient (Wildman–Crippen LogP) is 1.56. The highest BCUT2D eigenvalue weighted by atomic mass is 16.7. The summed E-state index contributed by atoms with van der Waals surface area (Å²) in [6.07, 6.45) is 0.271. The Morgan fingerprint density at radius 3 is 2.95 bits per heavy atom. The predicted molar refractivity (Wildman–Crippen MR) is 69.7 cm³/mol. The Labute approximate surface area is 116 Å². The second-order valence-electron chi connectivity index (χ2n) is 5.01. The zero-order valence-electron chi connectivity index (χ0n) is 10.9. The molecule has 1 aromatic rings. The third kappa shape index (κ3) is 1.82. The van der Waals surface area contributed by atoms with E-state index in [0.29, 0.717) is 32.0 Å². The van der Waals surface area contributed by atoms with E-state index in [0.717, 1.165) is 22.5 Å². The van der Waals surface area contributed by atoms with Gasteiger partial charge in [0.15, 0.2) is 17.3 Å². The van der Waals surface area contributed by atoms with Crippen molar-refractivity contribution in [2.75, 3.05) is 26.6 Å². The van der Waals surface area contributed by atoms with Crippen LogP contribution in [-0.2, 0) is 14.3 Å². The smallest absolute Gasteiger partial charge is 0.231 e. The summed E-state index contributed by atoms with van der Waals surface area (Å²) in [4.78, 5) is 12.3. The molecule has 1 saturated heterocycles. The SMILES string of the molecule is O=C1CC2OCCOCC2=C1c1ccc2c(c1)OCO2. The maximum Gasteiger partial charge on any atom is 0.231 e. The molecule has 1 fully saturated rings. The number of carbonyl (C=O) groups excluding carboxylic acids is 1. The summed E-state index contributed by atoms with van der Waals surface area (Å²) in [5, 5.41) is 0. The summed E-state index contributed by atoms with van der Waals surface area (Å²) < 4.78 is 21.9. The molecule has 3 aliphatic rings. The quantitative estimate of drug-likeness (QED) is 0.778. The van der Waals surface area contributed by atoms with E-state index < -0.39 is 0 Å². The highest BCUT2D eigenvalue weighted by molar-refractivity contribution is 6.24. The first-order chi connectivity index (χ1) is 9.83. The Morgan fingerprint density at radius 2 is 2.00 bits per heavy atom. The van der Waals surface area contributed by atoms with Gasteiger partial charge in [-0.3, -0.25) is 4.79 Å². The van der Waals surface area contributed by atoms with Crippen LogP contribution in [-0.4, -0.2) is 38.5 Å². The number of benzene rings is 1. The summed E-state index contributed by atoms with van der Waals surface area (Å²) in [6.45, 7) is 1.80. The molecule has 5 nitrogen and oxygen atoms in total. The van der Waals surface area contributed by atoms with Crippen LogP contribution in [0.15, 0.2) is 23.8 Å². The number of ketones is 1. The topological polar surface area (TPSA) is 54.0 Å². The van der Waals surface area contributed by atoms with Crippen molar-refractivity contribution in [3.8, 4) is 11.5 Å². The van der Waals surface area contributed by atoms with Crippen LogP contribution in [0.5, 0.6) is 11.5 Å². The van der Waals surface area contributed by atoms with Crippen molar-refractivity contribution in [2.45, 2.75) is 12.5 Å². The summed E-state index contributed by atoms with van der Waals surface area (Å²) in [6, 6.07) is 5.58. The molecule has 1 unspecified atom stereocenters. The summed E-state index contributed by atoms with van der Waals surface area (Å²) in [5.41, 5.74) is 2.52. The van der Waals surface area contributed by atoms with Gasteiger partial charge >= 0.3 is 0 Å². The van der Waals surface area contributed by atoms with Crippen LogP contribution >= 0.6 is 0 Å². The third-order valence-electron chi connectivity index (χ3n) is 3.82. The van der Waals surface area contributed by atoms with Crippen LogP contribution in [0.2, 0.25) is 0 Å². The number of hydrogen-bond donors (Lipinski definition) is 0. The molecule has 104 valence electrons. The Balaban J connectivity index is 1.79. The van der Waals surface area contributed by atoms with E-state index >= 15 is 0 Å². The van der Waals surface area contributed by atoms with Crippen LogP contribution in [0, 0.1) is 0 Å². The Hall–Kier alpha value is -1.85. The van der Waals surface area contributed by atoms with Gasteiger partial charge in [-0.25, -0.2) is 0 Å². The fourth-order valence-corrected chi connectivity index (χ4v) is 2.89. The monoisotopic (exact) mass is 274 g/mol. The fraction of sp³-hybridized carbons (Fsp3) is 0.400. The number of Topliss-reactive ketones (excluding diaryl/α,β-unsaturated/α-hetero) is 1. The zero-order chi connectivity index (χ0) is 13.5. The van der Waals surface area contributed by atoms with Gasteiger partial charge in [0.1, 0.15) is 0 Å². The second kappa shape index (κ2) is 4.61. The van der Waals surface area contributed by atoms with E-state index in [-0.39, 0.29) is 18.7 Å². The van der Waals surface area contributed by atoms with Gasteiger partial charge in [-0.15, -0.1) is 0 Å². The fourth-order valence-electron chi connectivity index (χ4n) is 2.89. The molecule has 0 bridgehead atoms. The lowest BCUT2D eigenvalue weighted by Gasteiger charge is -2.10. The molecule has 1 atom stereocenters. The lowest BCUT2D eigenvalue weighted by molar-refractivity contribution is -0.114. The first kappa shape index (κ1) is 11.9. The van der Waals surface area contributed by atoms with Gasteiger partial charge in [-0.1, -0.05) is 6.07 Å². The number of carbonyl (C=O) groups is 1. The minimum atomic E-state index is -0.134. The highest BCUT2D eigenvalue weighted by Gasteiger charge is 2.35. The molecule has 1 aliphatic carbocycles. The largest absolute Gasteiger partial charge is 0.454 e. The second-order valence-corrected chi connectivity index (χ2v) is 5.01. The standard InChI is InChI=1S/C15H14O5/c16-11-6-13-10(7-17-3-4-18-13)15(11)9-1-2-12-14(5-9)20-8-19-12/h1-2,5,13H,3-4,6-8H2. The Bertz CT molecular complexity index is 604. The molecule has 1 aromatic carbocycles. The molecular weight excluding hydrogens is 260 g/mol. The van der Waals surface area contributed by atoms with Gasteiger partial charge in [0.25, 0.3) is 0 Å². The normalized spacial score (nSPS) is 24.8. The Kier molecular flexibility index (Phi) is 2.75. The van der Waals surface area contributed by atoms with Crippen LogP contribution in [0.25, 0.3) is 5.57 Å². The lowest BCUT2D eigenvalue weighted by atomic mass is 10.0. The molecule has 2 heterocycles. The molecule has 5 heteroatoms. The summed E-state index contributed by atoms with van der Waals surface area (Å²) >= 11 is 0. The molecule has 0 spiro atoms. The molecule has 0 saturated carbocycles. The maximum atomic E-state index is 12.3. The van der Waals surface area contributed by atoms with Crippen LogP contribution in [0.4, 0.5) is 0 Å². The molecule has 0 amide bonds. The number of rotatable bonds is 1. The lowest BCUT2D eigenvalue weighted by Crippen LogP contribution is -2.13. The van der Waals surface area contributed by atoms with E-state index in [1.54, 1.807) is 0 Å². The van der Waals surface area contributed by atoms with Crippen molar-refractivity contribution in [2.24, 2.45) is 0 Å². The average molecular weight is 274 g/mol. The molecular formula is C15H14O5. The highest BCUT2D eigenvalue weighted by Crippen LogP contribution is 2.39. The first-order valence-electron chi connectivity index (χ1n) is 6.68. The van der Waals surface area contributed by atoms with Crippen LogP contribution in [0.1, 0.15) is 12.0 Å². The minimum Gasteiger partial charge on any atom is -0.454 e. The number of hydrogen-bond acceptors (Lipinski definition) is 5. The molecule has 0 radical (unpaired) electrons. The van der Waals surface area contributed by atoms with Crippen molar-refractivity contribution in [1.82, 2.24) is 0 Å². The van der Waals surface area contributed by atoms with E-state index in [1.807, 2.05) is 18.2 Å². The van der Waals surface area contributed by atoms with Crippen molar-refractivity contribution < 1.29 is 23.7 Å². The summed E-state index contributed by atoms with van der Waals surface area (Å²) in [7, 11) is 0. The Morgan fingerprint density at radius 1 is 1.10 bits per heavy atom. The van der Waals surface area contributed by atoms with Crippen LogP contribution < -0.4 is 9.47 Å². The number of ether oxygens (including phenoxy) is 4. The van der Waals surface area contributed by atoms with Crippen molar-refractivity contribution in [3.63, 3.8) is 0 Å². The summed E-state index contributed by atoms with van der Waals surface area (Å²) in [5.74, 6) is 1.51. The number of fused-ring (bicyclic) bond motifs is 2. The van der Waals surface area contributed by atoms with Crippen LogP contribution in [0.3, 0.4) is 0 Å². The van der Waals surface area contributed by atoms with Crippen molar-refractivity contribution in [1.29, 1.82) is 0 Å². The van der Waals surface area contributed by atoms with E-state index in [9.17, 15) is 4.79 Å². The van der Waals surface area contributed by atoms with Crippen molar-refractivity contribution >= 4 is 11.4 Å². The van der Waals surface area contributed by atoms with Gasteiger partial charge in [0.2, 0.25) is 6.79 Å². The molecule has 0 aromatic heterocycles. The van der Waals surface area contributed by atoms with Gasteiger partial charge in [0, 0.05) is 12.0 Å². The van der Waals surface area contributed by atoms with Gasteiger partial charge in [-0.2, -0.15) is 0 Å². The first-order valence-corrected chi connectivity index (χ1v) is 6.68. The zero-order valence-corrected chi connectivity index (χ0v) is 10.9. The van der Waals surface area contributed by atoms with Gasteiger partial charge in [-0.05, 0) is 23.3 Å². The van der Waals surface area contributed by atoms with E-state index in [2.05, 4.69) is 0 Å². The van der Waals surface area contributed by atoms with Gasteiger partial charge in [0.05, 0.1) is 25.9 Å². The van der Waals surface area contributed by atoms with Gasteiger partial charge < -0.3 is 18.9 Å². The average Bonchev–Trinajstić information content (AvgIpc) is 2.96. The minimum absolute atomic E-state index is 0.106. The maximum absolute atomic E-state index is 12.3. The third-order valence-corrected chi connectivity index (χ3v) is 3.82. The molecule has 20 heavy (non-hydrogen) atoms. The van der Waals surface area contributed by atoms with Crippen molar-refractivity contribution in [3.05, 3.63) is 29.3 Å². The van der Waals surface area contributed by atoms with E-state index in [1.165, 1.54) is 0 Å². The molecule has 4 rings (SSSR count). The number of allylic oxidation sites excluding steroid dienone is 1.